The number of carbonyl (C=O) groups is 1. The standard InChI is InChI=1S/C24H22BrF2N3O4/c1-24(2)12-33-5-4-29(24)23(31)21-17-11-34-19-10-20(32-3)18(25)9-16(19)22(17)30(28-21)15-7-13(26)6-14(27)8-15/h6-10H,4-5,11-12H2,1-3H3. The van der Waals surface area contributed by atoms with Crippen LogP contribution in [0.1, 0.15) is 29.9 Å². The number of benzene rings is 2. The van der Waals surface area contributed by atoms with E-state index >= 15 is 0 Å². The van der Waals surface area contributed by atoms with Crippen LogP contribution in [0.25, 0.3) is 16.9 Å². The molecule has 2 aromatic carbocycles. The summed E-state index contributed by atoms with van der Waals surface area (Å²) in [5.41, 5.74) is 1.49. The topological polar surface area (TPSA) is 65.8 Å². The Morgan fingerprint density at radius 3 is 2.59 bits per heavy atom. The number of aromatic nitrogens is 2. The molecule has 5 rings (SSSR count). The van der Waals surface area contributed by atoms with Crippen molar-refractivity contribution in [2.75, 3.05) is 26.9 Å². The number of nitrogens with zero attached hydrogens (tertiary/aromatic N) is 3. The highest BCUT2D eigenvalue weighted by molar-refractivity contribution is 9.10. The highest BCUT2D eigenvalue weighted by Crippen LogP contribution is 2.45. The Bertz CT molecular complexity index is 1290. The van der Waals surface area contributed by atoms with Crippen LogP contribution in [0.4, 0.5) is 8.78 Å². The average Bonchev–Trinajstić information content (AvgIpc) is 3.17. The number of hydrogen-bond acceptors (Lipinski definition) is 5. The fraction of sp³-hybridized carbons (Fsp3) is 0.333. The molecule has 2 aliphatic heterocycles. The summed E-state index contributed by atoms with van der Waals surface area (Å²) >= 11 is 3.49. The minimum Gasteiger partial charge on any atom is -0.495 e. The Morgan fingerprint density at radius 2 is 1.91 bits per heavy atom. The number of ether oxygens (including phenoxy) is 3. The van der Waals surface area contributed by atoms with E-state index in [1.54, 1.807) is 24.1 Å². The molecule has 0 bridgehead atoms. The van der Waals surface area contributed by atoms with Crippen LogP contribution < -0.4 is 9.47 Å². The Kier molecular flexibility index (Phi) is 5.60. The van der Waals surface area contributed by atoms with Crippen molar-refractivity contribution in [1.29, 1.82) is 0 Å². The molecule has 3 heterocycles. The molecule has 7 nitrogen and oxygen atoms in total. The lowest BCUT2D eigenvalue weighted by molar-refractivity contribution is -0.0374. The maximum atomic E-state index is 14.1. The highest BCUT2D eigenvalue weighted by Gasteiger charge is 2.39. The van der Waals surface area contributed by atoms with Crippen molar-refractivity contribution in [3.05, 3.63) is 57.7 Å². The summed E-state index contributed by atoms with van der Waals surface area (Å²) in [6.07, 6.45) is 0. The van der Waals surface area contributed by atoms with Gasteiger partial charge in [-0.25, -0.2) is 13.5 Å². The van der Waals surface area contributed by atoms with Gasteiger partial charge in [0, 0.05) is 29.8 Å². The first-order valence-corrected chi connectivity index (χ1v) is 11.5. The van der Waals surface area contributed by atoms with E-state index in [2.05, 4.69) is 21.0 Å². The highest BCUT2D eigenvalue weighted by atomic mass is 79.9. The second-order valence-corrected chi connectivity index (χ2v) is 9.66. The van der Waals surface area contributed by atoms with E-state index in [0.717, 1.165) is 6.07 Å². The lowest BCUT2D eigenvalue weighted by Gasteiger charge is -2.41. The molecule has 10 heteroatoms. The molecular weight excluding hydrogens is 512 g/mol. The van der Waals surface area contributed by atoms with E-state index in [1.165, 1.54) is 16.8 Å². The maximum absolute atomic E-state index is 14.1. The largest absolute Gasteiger partial charge is 0.495 e. The summed E-state index contributed by atoms with van der Waals surface area (Å²) < 4.78 is 47.2. The van der Waals surface area contributed by atoms with Crippen molar-refractivity contribution in [2.45, 2.75) is 26.0 Å². The lowest BCUT2D eigenvalue weighted by atomic mass is 9.99. The first kappa shape index (κ1) is 22.8. The maximum Gasteiger partial charge on any atom is 0.275 e. The summed E-state index contributed by atoms with van der Waals surface area (Å²) in [5.74, 6) is -0.707. The number of halogens is 3. The summed E-state index contributed by atoms with van der Waals surface area (Å²) in [4.78, 5) is 15.4. The summed E-state index contributed by atoms with van der Waals surface area (Å²) in [6.45, 7) is 5.12. The minimum absolute atomic E-state index is 0.0662. The molecule has 1 saturated heterocycles. The number of morpholine rings is 1. The van der Waals surface area contributed by atoms with Gasteiger partial charge < -0.3 is 19.1 Å². The van der Waals surface area contributed by atoms with Crippen LogP contribution in [0.2, 0.25) is 0 Å². The van der Waals surface area contributed by atoms with Gasteiger partial charge in [-0.3, -0.25) is 4.79 Å². The predicted octanol–water partition coefficient (Wildman–Crippen LogP) is 4.73. The Morgan fingerprint density at radius 1 is 1.18 bits per heavy atom. The molecule has 178 valence electrons. The quantitative estimate of drug-likeness (QED) is 0.486. The van der Waals surface area contributed by atoms with E-state index in [9.17, 15) is 13.6 Å². The molecule has 0 spiro atoms. The number of carbonyl (C=O) groups excluding carboxylic acids is 1. The van der Waals surface area contributed by atoms with Gasteiger partial charge in [-0.15, -0.1) is 0 Å². The van der Waals surface area contributed by atoms with E-state index in [0.29, 0.717) is 52.6 Å². The fourth-order valence-corrected chi connectivity index (χ4v) is 4.90. The molecule has 1 amide bonds. The van der Waals surface area contributed by atoms with Crippen LogP contribution in [0, 0.1) is 11.6 Å². The number of fused-ring (bicyclic) bond motifs is 3. The Hall–Kier alpha value is -2.98. The van der Waals surface area contributed by atoms with Crippen LogP contribution in [0.15, 0.2) is 34.8 Å². The first-order chi connectivity index (χ1) is 16.2. The molecule has 0 atom stereocenters. The predicted molar refractivity (Wildman–Crippen MR) is 123 cm³/mol. The molecule has 0 aliphatic carbocycles. The van der Waals surface area contributed by atoms with E-state index in [4.69, 9.17) is 14.2 Å². The molecule has 1 aromatic heterocycles. The minimum atomic E-state index is -0.746. The second-order valence-electron chi connectivity index (χ2n) is 8.81. The monoisotopic (exact) mass is 533 g/mol. The second kappa shape index (κ2) is 8.35. The van der Waals surface area contributed by atoms with Crippen LogP contribution in [-0.4, -0.2) is 53.0 Å². The van der Waals surface area contributed by atoms with Gasteiger partial charge in [-0.05, 0) is 48.0 Å². The molecule has 0 saturated carbocycles. The Labute approximate surface area is 203 Å². The van der Waals surface area contributed by atoms with Gasteiger partial charge in [0.1, 0.15) is 29.7 Å². The number of amides is 1. The van der Waals surface area contributed by atoms with Gasteiger partial charge in [-0.1, -0.05) is 0 Å². The van der Waals surface area contributed by atoms with Crippen molar-refractivity contribution in [1.82, 2.24) is 14.7 Å². The van der Waals surface area contributed by atoms with Crippen molar-refractivity contribution in [2.24, 2.45) is 0 Å². The fourth-order valence-electron chi connectivity index (χ4n) is 4.39. The first-order valence-electron chi connectivity index (χ1n) is 10.7. The third kappa shape index (κ3) is 3.74. The van der Waals surface area contributed by atoms with Gasteiger partial charge in [0.2, 0.25) is 0 Å². The van der Waals surface area contributed by atoms with Gasteiger partial charge in [0.15, 0.2) is 5.69 Å². The van der Waals surface area contributed by atoms with Crippen molar-refractivity contribution in [3.63, 3.8) is 0 Å². The van der Waals surface area contributed by atoms with Crippen LogP contribution >= 0.6 is 15.9 Å². The van der Waals surface area contributed by atoms with E-state index < -0.39 is 17.2 Å². The van der Waals surface area contributed by atoms with Crippen molar-refractivity contribution >= 4 is 21.8 Å². The molecule has 34 heavy (non-hydrogen) atoms. The van der Waals surface area contributed by atoms with Gasteiger partial charge in [0.25, 0.3) is 5.91 Å². The summed E-state index contributed by atoms with van der Waals surface area (Å²) in [5, 5.41) is 4.58. The number of hydrogen-bond donors (Lipinski definition) is 0. The molecule has 1 fully saturated rings. The smallest absolute Gasteiger partial charge is 0.275 e. The molecule has 0 unspecified atom stereocenters. The average molecular weight is 534 g/mol. The number of methoxy groups -OCH3 is 1. The number of rotatable bonds is 3. The molecule has 2 aliphatic rings. The van der Waals surface area contributed by atoms with Crippen molar-refractivity contribution < 1.29 is 27.8 Å². The molecule has 0 radical (unpaired) electrons. The van der Waals surface area contributed by atoms with Gasteiger partial charge in [-0.2, -0.15) is 5.10 Å². The zero-order valence-corrected chi connectivity index (χ0v) is 20.4. The third-order valence-electron chi connectivity index (χ3n) is 6.05. The zero-order chi connectivity index (χ0) is 24.2. The van der Waals surface area contributed by atoms with E-state index in [-0.39, 0.29) is 23.9 Å². The lowest BCUT2D eigenvalue weighted by Crippen LogP contribution is -2.55. The SMILES string of the molecule is COc1cc2c(cc1Br)-c1c(c(C(=O)N3CCOCC3(C)C)nn1-c1cc(F)cc(F)c1)CO2. The summed E-state index contributed by atoms with van der Waals surface area (Å²) in [6, 6.07) is 6.65. The van der Waals surface area contributed by atoms with Gasteiger partial charge >= 0.3 is 0 Å². The van der Waals surface area contributed by atoms with E-state index in [1.807, 2.05) is 13.8 Å². The van der Waals surface area contributed by atoms with Crippen molar-refractivity contribution in [3.8, 4) is 28.4 Å². The summed E-state index contributed by atoms with van der Waals surface area (Å²) in [7, 11) is 1.54. The Balaban J connectivity index is 1.73. The van der Waals surface area contributed by atoms with Crippen LogP contribution in [0.5, 0.6) is 11.5 Å². The molecular formula is C24H22BrF2N3O4. The molecule has 3 aromatic rings. The molecule has 0 N–H and O–H groups in total. The normalized spacial score (nSPS) is 16.5. The van der Waals surface area contributed by atoms with Crippen LogP contribution in [-0.2, 0) is 11.3 Å². The third-order valence-corrected chi connectivity index (χ3v) is 6.67. The van der Waals surface area contributed by atoms with Crippen LogP contribution in [0.3, 0.4) is 0 Å². The zero-order valence-electron chi connectivity index (χ0n) is 18.8. The van der Waals surface area contributed by atoms with Gasteiger partial charge in [0.05, 0.1) is 41.7 Å².